The zero-order valence-corrected chi connectivity index (χ0v) is 7.13. The zero-order chi connectivity index (χ0) is 8.10. The van der Waals surface area contributed by atoms with Crippen LogP contribution in [0, 0.1) is 10.8 Å². The molecule has 1 heterocycles. The third-order valence-electron chi connectivity index (χ3n) is 0.996. The molecule has 0 radical (unpaired) electrons. The van der Waals surface area contributed by atoms with E-state index in [-0.39, 0.29) is 5.91 Å². The summed E-state index contributed by atoms with van der Waals surface area (Å²) in [5.41, 5.74) is 2.50. The molecule has 1 amide bonds. The van der Waals surface area contributed by atoms with Crippen LogP contribution in [0.25, 0.3) is 0 Å². The predicted molar refractivity (Wildman–Crippen MR) is 45.5 cm³/mol. The van der Waals surface area contributed by atoms with Crippen molar-refractivity contribution < 1.29 is 4.79 Å². The molecule has 0 aliphatic rings. The highest BCUT2D eigenvalue weighted by Crippen LogP contribution is 1.84. The fourth-order valence-corrected chi connectivity index (χ4v) is 0.777. The molecule has 0 unspecified atom stereocenters. The number of halogens is 1. The van der Waals surface area contributed by atoms with Crippen molar-refractivity contribution in [2.45, 2.75) is 0 Å². The van der Waals surface area contributed by atoms with Gasteiger partial charge in [0, 0.05) is 34.2 Å². The summed E-state index contributed by atoms with van der Waals surface area (Å²) in [6.45, 7) is 0. The van der Waals surface area contributed by atoms with Gasteiger partial charge in [-0.2, -0.15) is 0 Å². The molecule has 3 nitrogen and oxygen atoms in total. The SMILES string of the molecule is O=C(C#CBr)Nn1cccc1. The van der Waals surface area contributed by atoms with E-state index in [9.17, 15) is 4.79 Å². The van der Waals surface area contributed by atoms with Gasteiger partial charge in [0.1, 0.15) is 0 Å². The summed E-state index contributed by atoms with van der Waals surface area (Å²) >= 11 is 2.82. The van der Waals surface area contributed by atoms with Crippen molar-refractivity contribution in [2.75, 3.05) is 5.43 Å². The molecule has 56 valence electrons. The molecular weight excluding hydrogens is 208 g/mol. The quantitative estimate of drug-likeness (QED) is 0.691. The van der Waals surface area contributed by atoms with Gasteiger partial charge in [0.25, 0.3) is 0 Å². The summed E-state index contributed by atoms with van der Waals surface area (Å²) < 4.78 is 1.53. The maximum atomic E-state index is 10.8. The Balaban J connectivity index is 2.55. The lowest BCUT2D eigenvalue weighted by Gasteiger charge is -1.98. The van der Waals surface area contributed by atoms with E-state index in [0.717, 1.165) is 0 Å². The number of nitrogens with zero attached hydrogens (tertiary/aromatic N) is 1. The van der Waals surface area contributed by atoms with Gasteiger partial charge in [-0.25, -0.2) is 0 Å². The maximum Gasteiger partial charge on any atom is 0.315 e. The second-order valence-electron chi connectivity index (χ2n) is 1.75. The van der Waals surface area contributed by atoms with Gasteiger partial charge >= 0.3 is 5.91 Å². The van der Waals surface area contributed by atoms with E-state index in [4.69, 9.17) is 0 Å². The summed E-state index contributed by atoms with van der Waals surface area (Å²) in [6, 6.07) is 3.61. The van der Waals surface area contributed by atoms with Crippen molar-refractivity contribution in [1.29, 1.82) is 0 Å². The van der Waals surface area contributed by atoms with Gasteiger partial charge in [-0.15, -0.1) is 0 Å². The molecule has 0 atom stereocenters. The van der Waals surface area contributed by atoms with E-state index >= 15 is 0 Å². The first-order valence-electron chi connectivity index (χ1n) is 2.88. The number of amides is 1. The smallest absolute Gasteiger partial charge is 0.268 e. The first kappa shape index (κ1) is 7.89. The lowest BCUT2D eigenvalue weighted by Crippen LogP contribution is -2.19. The molecule has 1 N–H and O–H groups in total. The fourth-order valence-electron chi connectivity index (χ4n) is 0.597. The number of hydrogen-bond donors (Lipinski definition) is 1. The molecule has 1 rings (SSSR count). The van der Waals surface area contributed by atoms with Gasteiger partial charge in [-0.05, 0) is 17.0 Å². The molecule has 0 bridgehead atoms. The van der Waals surface area contributed by atoms with Crippen LogP contribution >= 0.6 is 15.9 Å². The van der Waals surface area contributed by atoms with Crippen LogP contribution < -0.4 is 5.43 Å². The minimum atomic E-state index is -0.349. The Morgan fingerprint density at radius 2 is 2.09 bits per heavy atom. The van der Waals surface area contributed by atoms with Crippen molar-refractivity contribution in [3.05, 3.63) is 24.5 Å². The van der Waals surface area contributed by atoms with E-state index in [1.54, 1.807) is 12.4 Å². The second kappa shape index (κ2) is 3.84. The highest BCUT2D eigenvalue weighted by molar-refractivity contribution is 9.12. The molecule has 0 aromatic carbocycles. The molecule has 0 saturated heterocycles. The van der Waals surface area contributed by atoms with Crippen molar-refractivity contribution in [1.82, 2.24) is 4.68 Å². The molecule has 11 heavy (non-hydrogen) atoms. The molecule has 4 heteroatoms. The highest BCUT2D eigenvalue weighted by Gasteiger charge is 1.92. The van der Waals surface area contributed by atoms with Crippen LogP contribution in [0.4, 0.5) is 0 Å². The van der Waals surface area contributed by atoms with Crippen molar-refractivity contribution >= 4 is 21.8 Å². The normalized spacial score (nSPS) is 8.09. The monoisotopic (exact) mass is 212 g/mol. The Hall–Kier alpha value is -1.21. The minimum Gasteiger partial charge on any atom is -0.268 e. The Kier molecular flexibility index (Phi) is 2.75. The topological polar surface area (TPSA) is 34.0 Å². The van der Waals surface area contributed by atoms with Crippen LogP contribution in [-0.2, 0) is 4.79 Å². The van der Waals surface area contributed by atoms with Gasteiger partial charge in [0.2, 0.25) is 0 Å². The Morgan fingerprint density at radius 1 is 1.45 bits per heavy atom. The van der Waals surface area contributed by atoms with Crippen molar-refractivity contribution in [2.24, 2.45) is 0 Å². The molecular formula is C7H5BrN2O. The Morgan fingerprint density at radius 3 is 2.64 bits per heavy atom. The highest BCUT2D eigenvalue weighted by atomic mass is 79.9. The van der Waals surface area contributed by atoms with Gasteiger partial charge in [-0.1, -0.05) is 0 Å². The third-order valence-corrected chi connectivity index (χ3v) is 1.19. The predicted octanol–water partition coefficient (Wildman–Crippen LogP) is 0.914. The number of carbonyl (C=O) groups is 1. The standard InChI is InChI=1S/C7H5BrN2O/c8-4-3-7(11)9-10-5-1-2-6-10/h1-2,5-6H,(H,9,11). The average molecular weight is 213 g/mol. The van der Waals surface area contributed by atoms with Crippen LogP contribution in [0.2, 0.25) is 0 Å². The summed E-state index contributed by atoms with van der Waals surface area (Å²) in [7, 11) is 0. The summed E-state index contributed by atoms with van der Waals surface area (Å²) in [6.07, 6.45) is 3.43. The van der Waals surface area contributed by atoms with E-state index in [2.05, 4.69) is 32.1 Å². The Labute approximate surface area is 72.5 Å². The minimum absolute atomic E-state index is 0.349. The van der Waals surface area contributed by atoms with Crippen LogP contribution in [0.1, 0.15) is 0 Å². The molecule has 0 fully saturated rings. The van der Waals surface area contributed by atoms with Gasteiger partial charge in [0.05, 0.1) is 0 Å². The summed E-state index contributed by atoms with van der Waals surface area (Å²) in [4.78, 5) is 13.1. The summed E-state index contributed by atoms with van der Waals surface area (Å²) in [5.74, 6) is 1.93. The van der Waals surface area contributed by atoms with Gasteiger partial charge in [0.15, 0.2) is 0 Å². The van der Waals surface area contributed by atoms with Crippen LogP contribution in [0.3, 0.4) is 0 Å². The van der Waals surface area contributed by atoms with Gasteiger partial charge in [-0.3, -0.25) is 14.9 Å². The van der Waals surface area contributed by atoms with Gasteiger partial charge < -0.3 is 0 Å². The van der Waals surface area contributed by atoms with E-state index < -0.39 is 0 Å². The van der Waals surface area contributed by atoms with Crippen LogP contribution in [0.15, 0.2) is 24.5 Å². The molecule has 0 spiro atoms. The lowest BCUT2D eigenvalue weighted by atomic mass is 10.7. The Bertz CT molecular complexity index is 294. The first-order valence-corrected chi connectivity index (χ1v) is 3.68. The molecule has 0 aliphatic heterocycles. The van der Waals surface area contributed by atoms with Crippen LogP contribution in [-0.4, -0.2) is 10.6 Å². The summed E-state index contributed by atoms with van der Waals surface area (Å²) in [5, 5.41) is 0. The molecule has 0 aliphatic carbocycles. The first-order chi connectivity index (χ1) is 5.33. The number of carbonyl (C=O) groups excluding carboxylic acids is 1. The van der Waals surface area contributed by atoms with Crippen molar-refractivity contribution in [3.8, 4) is 10.8 Å². The maximum absolute atomic E-state index is 10.8. The number of hydrogen-bond acceptors (Lipinski definition) is 1. The lowest BCUT2D eigenvalue weighted by molar-refractivity contribution is -0.112. The third kappa shape index (κ3) is 2.48. The number of nitrogens with one attached hydrogen (secondary N) is 1. The molecule has 1 aromatic heterocycles. The van der Waals surface area contributed by atoms with Crippen molar-refractivity contribution in [3.63, 3.8) is 0 Å². The van der Waals surface area contributed by atoms with E-state index in [1.807, 2.05) is 12.1 Å². The zero-order valence-electron chi connectivity index (χ0n) is 5.54. The second-order valence-corrected chi connectivity index (χ2v) is 2.15. The molecule has 1 aromatic rings. The van der Waals surface area contributed by atoms with Crippen LogP contribution in [0.5, 0.6) is 0 Å². The fraction of sp³-hybridized carbons (Fsp3) is 0. The number of aromatic nitrogens is 1. The average Bonchev–Trinajstić information content (AvgIpc) is 2.40. The molecule has 0 saturated carbocycles. The van der Waals surface area contributed by atoms with E-state index in [0.29, 0.717) is 0 Å². The number of rotatable bonds is 1. The largest absolute Gasteiger partial charge is 0.315 e. The van der Waals surface area contributed by atoms with E-state index in [1.165, 1.54) is 4.68 Å².